The molecule has 108 valence electrons. The van der Waals surface area contributed by atoms with Gasteiger partial charge in [0.05, 0.1) is 16.3 Å². The third-order valence-corrected chi connectivity index (χ3v) is 4.14. The highest BCUT2D eigenvalue weighted by atomic mass is 35.5. The van der Waals surface area contributed by atoms with E-state index in [4.69, 9.17) is 17.3 Å². The van der Waals surface area contributed by atoms with Gasteiger partial charge in [0, 0.05) is 13.1 Å². The first-order valence-corrected chi connectivity index (χ1v) is 7.21. The SMILES string of the molecule is CC(C)(C)C1=CCN(C(=O)c2cccc(N)c2Cl)CC1. The Bertz CT molecular complexity index is 558. The van der Waals surface area contributed by atoms with Gasteiger partial charge in [-0.05, 0) is 24.0 Å². The maximum atomic E-state index is 12.5. The van der Waals surface area contributed by atoms with E-state index in [1.54, 1.807) is 18.2 Å². The second-order valence-electron chi connectivity index (χ2n) is 6.19. The maximum Gasteiger partial charge on any atom is 0.255 e. The van der Waals surface area contributed by atoms with Crippen molar-refractivity contribution in [2.24, 2.45) is 5.41 Å². The zero-order chi connectivity index (χ0) is 14.9. The van der Waals surface area contributed by atoms with E-state index in [9.17, 15) is 4.79 Å². The van der Waals surface area contributed by atoms with E-state index < -0.39 is 0 Å². The van der Waals surface area contributed by atoms with Gasteiger partial charge < -0.3 is 10.6 Å². The molecule has 0 atom stereocenters. The average Bonchev–Trinajstić information content (AvgIpc) is 2.40. The Balaban J connectivity index is 2.17. The topological polar surface area (TPSA) is 46.3 Å². The van der Waals surface area contributed by atoms with Crippen LogP contribution in [0.2, 0.25) is 5.02 Å². The largest absolute Gasteiger partial charge is 0.398 e. The van der Waals surface area contributed by atoms with Crippen molar-refractivity contribution < 1.29 is 4.79 Å². The number of carbonyl (C=O) groups is 1. The van der Waals surface area contributed by atoms with E-state index in [-0.39, 0.29) is 11.3 Å². The number of carbonyl (C=O) groups excluding carboxylic acids is 1. The molecule has 0 fully saturated rings. The molecule has 0 unspecified atom stereocenters. The highest BCUT2D eigenvalue weighted by Gasteiger charge is 2.25. The Morgan fingerprint density at radius 1 is 1.35 bits per heavy atom. The summed E-state index contributed by atoms with van der Waals surface area (Å²) in [6, 6.07) is 5.19. The summed E-state index contributed by atoms with van der Waals surface area (Å²) in [6.07, 6.45) is 3.07. The van der Waals surface area contributed by atoms with Gasteiger partial charge in [-0.1, -0.05) is 50.1 Å². The summed E-state index contributed by atoms with van der Waals surface area (Å²) in [7, 11) is 0. The summed E-state index contributed by atoms with van der Waals surface area (Å²) in [5.41, 5.74) is 8.26. The van der Waals surface area contributed by atoms with Crippen LogP contribution in [-0.4, -0.2) is 23.9 Å². The first-order chi connectivity index (χ1) is 9.30. The van der Waals surface area contributed by atoms with E-state index in [0.29, 0.717) is 22.8 Å². The fourth-order valence-electron chi connectivity index (χ4n) is 2.42. The molecule has 1 heterocycles. The summed E-state index contributed by atoms with van der Waals surface area (Å²) >= 11 is 6.12. The van der Waals surface area contributed by atoms with Crippen LogP contribution in [0.3, 0.4) is 0 Å². The molecule has 1 aromatic carbocycles. The number of anilines is 1. The van der Waals surface area contributed by atoms with Crippen molar-refractivity contribution in [1.29, 1.82) is 0 Å². The minimum absolute atomic E-state index is 0.0495. The molecule has 0 saturated heterocycles. The number of nitrogen functional groups attached to an aromatic ring is 1. The van der Waals surface area contributed by atoms with Crippen LogP contribution in [0.25, 0.3) is 0 Å². The monoisotopic (exact) mass is 292 g/mol. The molecule has 2 rings (SSSR count). The van der Waals surface area contributed by atoms with E-state index in [1.807, 2.05) is 4.90 Å². The molecule has 3 nitrogen and oxygen atoms in total. The van der Waals surface area contributed by atoms with Crippen molar-refractivity contribution >= 4 is 23.2 Å². The van der Waals surface area contributed by atoms with Crippen LogP contribution in [0, 0.1) is 5.41 Å². The predicted molar refractivity (Wildman–Crippen MR) is 83.9 cm³/mol. The number of hydrogen-bond donors (Lipinski definition) is 1. The van der Waals surface area contributed by atoms with Gasteiger partial charge in [0.15, 0.2) is 0 Å². The molecule has 1 aliphatic heterocycles. The van der Waals surface area contributed by atoms with Crippen molar-refractivity contribution in [1.82, 2.24) is 4.90 Å². The molecule has 0 radical (unpaired) electrons. The van der Waals surface area contributed by atoms with Gasteiger partial charge in [-0.2, -0.15) is 0 Å². The Morgan fingerprint density at radius 2 is 2.05 bits per heavy atom. The zero-order valence-corrected chi connectivity index (χ0v) is 13.0. The third-order valence-electron chi connectivity index (χ3n) is 3.72. The Hall–Kier alpha value is -1.48. The van der Waals surface area contributed by atoms with Crippen molar-refractivity contribution in [3.63, 3.8) is 0 Å². The van der Waals surface area contributed by atoms with E-state index in [2.05, 4.69) is 26.8 Å². The molecular formula is C16H21ClN2O. The smallest absolute Gasteiger partial charge is 0.255 e. The predicted octanol–water partition coefficient (Wildman–Crippen LogP) is 3.74. The molecule has 0 aromatic heterocycles. The number of rotatable bonds is 1. The summed E-state index contributed by atoms with van der Waals surface area (Å²) in [5, 5.41) is 0.350. The second kappa shape index (κ2) is 5.49. The zero-order valence-electron chi connectivity index (χ0n) is 12.2. The second-order valence-corrected chi connectivity index (χ2v) is 6.57. The fraction of sp³-hybridized carbons (Fsp3) is 0.438. The first kappa shape index (κ1) is 14.9. The van der Waals surface area contributed by atoms with Crippen LogP contribution >= 0.6 is 11.6 Å². The number of nitrogens with zero attached hydrogens (tertiary/aromatic N) is 1. The third kappa shape index (κ3) is 2.98. The average molecular weight is 293 g/mol. The van der Waals surface area contributed by atoms with Crippen LogP contribution in [0.1, 0.15) is 37.6 Å². The Morgan fingerprint density at radius 3 is 2.60 bits per heavy atom. The van der Waals surface area contributed by atoms with E-state index in [1.165, 1.54) is 5.57 Å². The molecule has 1 aromatic rings. The molecule has 4 heteroatoms. The summed E-state index contributed by atoms with van der Waals surface area (Å²) in [6.45, 7) is 7.96. The standard InChI is InChI=1S/C16H21ClN2O/c1-16(2,3)11-7-9-19(10-8-11)15(20)12-5-4-6-13(18)14(12)17/h4-7H,8-10,18H2,1-3H3. The van der Waals surface area contributed by atoms with E-state index in [0.717, 1.165) is 13.0 Å². The Labute approximate surface area is 125 Å². The molecule has 2 N–H and O–H groups in total. The molecule has 20 heavy (non-hydrogen) atoms. The van der Waals surface area contributed by atoms with Crippen molar-refractivity contribution in [2.45, 2.75) is 27.2 Å². The summed E-state index contributed by atoms with van der Waals surface area (Å²) < 4.78 is 0. The number of halogens is 1. The number of hydrogen-bond acceptors (Lipinski definition) is 2. The minimum Gasteiger partial charge on any atom is -0.398 e. The quantitative estimate of drug-likeness (QED) is 0.633. The maximum absolute atomic E-state index is 12.5. The van der Waals surface area contributed by atoms with E-state index >= 15 is 0 Å². The van der Waals surface area contributed by atoms with Gasteiger partial charge in [-0.15, -0.1) is 0 Å². The lowest BCUT2D eigenvalue weighted by molar-refractivity contribution is 0.0765. The lowest BCUT2D eigenvalue weighted by Crippen LogP contribution is -2.36. The van der Waals surface area contributed by atoms with Gasteiger partial charge in [0.25, 0.3) is 5.91 Å². The van der Waals surface area contributed by atoms with Gasteiger partial charge in [0.1, 0.15) is 0 Å². The molecule has 1 aliphatic rings. The summed E-state index contributed by atoms with van der Waals surface area (Å²) in [4.78, 5) is 14.3. The number of benzene rings is 1. The van der Waals surface area contributed by atoms with Crippen LogP contribution < -0.4 is 5.73 Å². The molecule has 1 amide bonds. The minimum atomic E-state index is -0.0495. The van der Waals surface area contributed by atoms with Crippen molar-refractivity contribution in [3.8, 4) is 0 Å². The number of amides is 1. The fourth-order valence-corrected chi connectivity index (χ4v) is 2.63. The van der Waals surface area contributed by atoms with Gasteiger partial charge in [-0.3, -0.25) is 4.79 Å². The van der Waals surface area contributed by atoms with Crippen LogP contribution in [0.4, 0.5) is 5.69 Å². The van der Waals surface area contributed by atoms with Gasteiger partial charge >= 0.3 is 0 Å². The Kier molecular flexibility index (Phi) is 4.09. The van der Waals surface area contributed by atoms with Crippen molar-refractivity contribution in [2.75, 3.05) is 18.8 Å². The first-order valence-electron chi connectivity index (χ1n) is 6.83. The highest BCUT2D eigenvalue weighted by Crippen LogP contribution is 2.31. The lowest BCUT2D eigenvalue weighted by atomic mass is 9.83. The van der Waals surface area contributed by atoms with Gasteiger partial charge in [0.2, 0.25) is 0 Å². The molecule has 0 saturated carbocycles. The highest BCUT2D eigenvalue weighted by molar-refractivity contribution is 6.36. The van der Waals surface area contributed by atoms with Gasteiger partial charge in [-0.25, -0.2) is 0 Å². The molecule has 0 aliphatic carbocycles. The molecular weight excluding hydrogens is 272 g/mol. The van der Waals surface area contributed by atoms with Crippen molar-refractivity contribution in [3.05, 3.63) is 40.4 Å². The number of nitrogens with two attached hydrogens (primary N) is 1. The van der Waals surface area contributed by atoms with Crippen LogP contribution in [0.5, 0.6) is 0 Å². The summed E-state index contributed by atoms with van der Waals surface area (Å²) in [5.74, 6) is -0.0495. The molecule has 0 spiro atoms. The molecule has 0 bridgehead atoms. The van der Waals surface area contributed by atoms with Crippen LogP contribution in [0.15, 0.2) is 29.8 Å². The van der Waals surface area contributed by atoms with Crippen LogP contribution in [-0.2, 0) is 0 Å². The normalized spacial score (nSPS) is 16.0. The lowest BCUT2D eigenvalue weighted by Gasteiger charge is -2.32.